The Kier molecular flexibility index (Phi) is 2.76. The molecule has 0 aliphatic carbocycles. The van der Waals surface area contributed by atoms with Gasteiger partial charge in [0, 0.05) is 12.3 Å². The second kappa shape index (κ2) is 4.42. The molecule has 0 aliphatic heterocycles. The van der Waals surface area contributed by atoms with Crippen LogP contribution in [0.15, 0.2) is 29.0 Å². The Morgan fingerprint density at radius 2 is 2.22 bits per heavy atom. The van der Waals surface area contributed by atoms with E-state index in [1.165, 1.54) is 0 Å². The zero-order chi connectivity index (χ0) is 12.5. The molecule has 0 aromatic carbocycles. The molecular formula is C12H11ClN4O. The quantitative estimate of drug-likeness (QED) is 0.681. The molecule has 0 amide bonds. The monoisotopic (exact) mass is 262 g/mol. The van der Waals surface area contributed by atoms with Crippen LogP contribution in [-0.4, -0.2) is 19.7 Å². The number of alkyl halides is 1. The third kappa shape index (κ3) is 1.76. The van der Waals surface area contributed by atoms with E-state index in [1.54, 1.807) is 12.4 Å². The topological polar surface area (TPSA) is 56.7 Å². The Morgan fingerprint density at radius 1 is 1.33 bits per heavy atom. The van der Waals surface area contributed by atoms with Crippen molar-refractivity contribution in [3.05, 3.63) is 41.7 Å². The van der Waals surface area contributed by atoms with E-state index in [9.17, 15) is 0 Å². The van der Waals surface area contributed by atoms with Crippen molar-refractivity contribution in [2.24, 2.45) is 0 Å². The summed E-state index contributed by atoms with van der Waals surface area (Å²) < 4.78 is 7.07. The maximum atomic E-state index is 5.94. The highest BCUT2D eigenvalue weighted by Gasteiger charge is 2.14. The van der Waals surface area contributed by atoms with Crippen molar-refractivity contribution in [2.45, 2.75) is 19.3 Å². The van der Waals surface area contributed by atoms with Crippen LogP contribution in [0.2, 0.25) is 0 Å². The van der Waals surface area contributed by atoms with E-state index in [0.717, 1.165) is 28.3 Å². The summed E-state index contributed by atoms with van der Waals surface area (Å²) in [6.45, 7) is 2.54. The average molecular weight is 263 g/mol. The van der Waals surface area contributed by atoms with Crippen LogP contribution in [0.3, 0.4) is 0 Å². The highest BCUT2D eigenvalue weighted by molar-refractivity contribution is 6.16. The number of rotatable bonds is 3. The van der Waals surface area contributed by atoms with Crippen LogP contribution in [0.5, 0.6) is 0 Å². The van der Waals surface area contributed by atoms with Crippen LogP contribution < -0.4 is 0 Å². The first kappa shape index (κ1) is 11.2. The molecule has 3 aromatic heterocycles. The van der Waals surface area contributed by atoms with Crippen LogP contribution in [0.1, 0.15) is 17.1 Å². The predicted octanol–water partition coefficient (Wildman–Crippen LogP) is 2.51. The van der Waals surface area contributed by atoms with Crippen LogP contribution in [0, 0.1) is 6.92 Å². The number of aromatic nitrogens is 4. The van der Waals surface area contributed by atoms with Gasteiger partial charge >= 0.3 is 0 Å². The minimum atomic E-state index is 0.337. The van der Waals surface area contributed by atoms with E-state index < -0.39 is 0 Å². The molecule has 0 bridgehead atoms. The van der Waals surface area contributed by atoms with Crippen molar-refractivity contribution in [3.8, 4) is 0 Å². The maximum absolute atomic E-state index is 5.94. The van der Waals surface area contributed by atoms with Crippen molar-refractivity contribution < 1.29 is 4.52 Å². The van der Waals surface area contributed by atoms with E-state index in [1.807, 2.05) is 23.6 Å². The molecule has 6 heteroatoms. The lowest BCUT2D eigenvalue weighted by Gasteiger charge is -2.03. The molecule has 0 fully saturated rings. The van der Waals surface area contributed by atoms with Crippen molar-refractivity contribution >= 4 is 22.8 Å². The highest BCUT2D eigenvalue weighted by atomic mass is 35.5. The molecule has 0 aliphatic rings. The van der Waals surface area contributed by atoms with Gasteiger partial charge in [-0.05, 0) is 18.6 Å². The predicted molar refractivity (Wildman–Crippen MR) is 67.4 cm³/mol. The van der Waals surface area contributed by atoms with Crippen LogP contribution in [-0.2, 0) is 12.4 Å². The fraction of sp³-hybridized carbons (Fsp3) is 0.250. The Labute approximate surface area is 108 Å². The van der Waals surface area contributed by atoms with Gasteiger partial charge in [-0.3, -0.25) is 0 Å². The van der Waals surface area contributed by atoms with Crippen LogP contribution in [0.25, 0.3) is 11.2 Å². The van der Waals surface area contributed by atoms with Crippen molar-refractivity contribution in [1.29, 1.82) is 0 Å². The fourth-order valence-corrected chi connectivity index (χ4v) is 2.14. The normalized spacial score (nSPS) is 11.2. The lowest BCUT2D eigenvalue weighted by atomic mass is 10.3. The Bertz CT molecular complexity index is 675. The van der Waals surface area contributed by atoms with E-state index in [-0.39, 0.29) is 0 Å². The molecule has 0 unspecified atom stereocenters. The SMILES string of the molecule is Cc1ccnc2c1nc(CCl)n2Cc1ccno1. The van der Waals surface area contributed by atoms with Crippen LogP contribution >= 0.6 is 11.6 Å². The molecule has 3 rings (SSSR count). The molecule has 18 heavy (non-hydrogen) atoms. The van der Waals surface area contributed by atoms with E-state index in [4.69, 9.17) is 16.1 Å². The first-order valence-corrected chi connectivity index (χ1v) is 6.09. The second-order valence-electron chi connectivity index (χ2n) is 4.03. The number of pyridine rings is 1. The summed E-state index contributed by atoms with van der Waals surface area (Å²) in [5.41, 5.74) is 2.79. The zero-order valence-electron chi connectivity index (χ0n) is 9.80. The number of nitrogens with zero attached hydrogens (tertiary/aromatic N) is 4. The molecule has 5 nitrogen and oxygen atoms in total. The van der Waals surface area contributed by atoms with E-state index >= 15 is 0 Å². The summed E-state index contributed by atoms with van der Waals surface area (Å²) in [4.78, 5) is 8.89. The first-order chi connectivity index (χ1) is 8.79. The maximum Gasteiger partial charge on any atom is 0.160 e. The Hall–Kier alpha value is -1.88. The molecule has 92 valence electrons. The van der Waals surface area contributed by atoms with Gasteiger partial charge in [-0.15, -0.1) is 11.6 Å². The summed E-state index contributed by atoms with van der Waals surface area (Å²) in [6, 6.07) is 3.76. The summed E-state index contributed by atoms with van der Waals surface area (Å²) in [5, 5.41) is 3.69. The smallest absolute Gasteiger partial charge is 0.160 e. The van der Waals surface area contributed by atoms with Crippen molar-refractivity contribution in [2.75, 3.05) is 0 Å². The van der Waals surface area contributed by atoms with E-state index in [2.05, 4.69) is 15.1 Å². The number of imidazole rings is 1. The van der Waals surface area contributed by atoms with Gasteiger partial charge in [0.1, 0.15) is 11.3 Å². The first-order valence-electron chi connectivity index (χ1n) is 5.56. The minimum Gasteiger partial charge on any atom is -0.359 e. The standard InChI is InChI=1S/C12H11ClN4O/c1-8-2-4-14-12-11(8)16-10(6-13)17(12)7-9-3-5-15-18-9/h2-5H,6-7H2,1H3. The average Bonchev–Trinajstić information content (AvgIpc) is 2.99. The minimum absolute atomic E-state index is 0.337. The second-order valence-corrected chi connectivity index (χ2v) is 4.29. The molecule has 0 saturated carbocycles. The molecule has 0 atom stereocenters. The molecule has 0 N–H and O–H groups in total. The van der Waals surface area contributed by atoms with Crippen molar-refractivity contribution in [1.82, 2.24) is 19.7 Å². The van der Waals surface area contributed by atoms with Gasteiger partial charge < -0.3 is 9.09 Å². The van der Waals surface area contributed by atoms with Gasteiger partial charge in [-0.2, -0.15) is 0 Å². The molecule has 0 saturated heterocycles. The number of hydrogen-bond acceptors (Lipinski definition) is 4. The highest BCUT2D eigenvalue weighted by Crippen LogP contribution is 2.19. The van der Waals surface area contributed by atoms with Crippen LogP contribution in [0.4, 0.5) is 0 Å². The largest absolute Gasteiger partial charge is 0.359 e. The third-order valence-electron chi connectivity index (χ3n) is 2.84. The molecule has 0 radical (unpaired) electrons. The van der Waals surface area contributed by atoms with Gasteiger partial charge in [0.25, 0.3) is 0 Å². The van der Waals surface area contributed by atoms with Gasteiger partial charge in [0.15, 0.2) is 11.4 Å². The van der Waals surface area contributed by atoms with Gasteiger partial charge in [0.05, 0.1) is 18.6 Å². The van der Waals surface area contributed by atoms with Gasteiger partial charge in [-0.1, -0.05) is 5.16 Å². The van der Waals surface area contributed by atoms with Crippen molar-refractivity contribution in [3.63, 3.8) is 0 Å². The molecule has 0 spiro atoms. The summed E-state index contributed by atoms with van der Waals surface area (Å²) in [5.74, 6) is 1.87. The Balaban J connectivity index is 2.17. The Morgan fingerprint density at radius 3 is 2.94 bits per heavy atom. The van der Waals surface area contributed by atoms with Gasteiger partial charge in [-0.25, -0.2) is 9.97 Å². The van der Waals surface area contributed by atoms with E-state index in [0.29, 0.717) is 12.4 Å². The summed E-state index contributed by atoms with van der Waals surface area (Å²) in [6.07, 6.45) is 3.39. The van der Waals surface area contributed by atoms with Gasteiger partial charge in [0.2, 0.25) is 0 Å². The lowest BCUT2D eigenvalue weighted by Crippen LogP contribution is -2.03. The number of aryl methyl sites for hydroxylation is 1. The molecule has 3 aromatic rings. The fourth-order valence-electron chi connectivity index (χ4n) is 1.93. The molecule has 3 heterocycles. The lowest BCUT2D eigenvalue weighted by molar-refractivity contribution is 0.376. The number of halogens is 1. The summed E-state index contributed by atoms with van der Waals surface area (Å²) in [7, 11) is 0. The third-order valence-corrected chi connectivity index (χ3v) is 3.08. The number of fused-ring (bicyclic) bond motifs is 1. The summed E-state index contributed by atoms with van der Waals surface area (Å²) >= 11 is 5.94. The molecular weight excluding hydrogens is 252 g/mol. The zero-order valence-corrected chi connectivity index (χ0v) is 10.6. The number of hydrogen-bond donors (Lipinski definition) is 0.